The smallest absolute Gasteiger partial charge is 0.148 e. The average molecular weight is 200 g/mol. The predicted molar refractivity (Wildman–Crippen MR) is 51.2 cm³/mol. The van der Waals surface area contributed by atoms with Gasteiger partial charge in [0.15, 0.2) is 0 Å². The average Bonchev–Trinajstić information content (AvgIpc) is 2.47. The maximum absolute atomic E-state index is 11.2. The Morgan fingerprint density at radius 3 is 3.15 bits per heavy atom. The van der Waals surface area contributed by atoms with Gasteiger partial charge in [0.2, 0.25) is 0 Å². The van der Waals surface area contributed by atoms with E-state index in [-0.39, 0.29) is 0 Å². The SMILES string of the molecule is CS(=O)N1CCc2c(N)n[nH]c2C1. The summed E-state index contributed by atoms with van der Waals surface area (Å²) >= 11 is 0. The number of nitrogen functional groups attached to an aromatic ring is 1. The lowest BCUT2D eigenvalue weighted by Gasteiger charge is -2.23. The Kier molecular flexibility index (Phi) is 2.09. The van der Waals surface area contributed by atoms with E-state index in [4.69, 9.17) is 5.73 Å². The van der Waals surface area contributed by atoms with Crippen molar-refractivity contribution in [3.63, 3.8) is 0 Å². The van der Waals surface area contributed by atoms with E-state index in [0.717, 1.165) is 24.2 Å². The summed E-state index contributed by atoms with van der Waals surface area (Å²) in [5.74, 6) is 0.580. The van der Waals surface area contributed by atoms with E-state index in [2.05, 4.69) is 10.2 Å². The van der Waals surface area contributed by atoms with Crippen LogP contribution in [0.25, 0.3) is 0 Å². The highest BCUT2D eigenvalue weighted by molar-refractivity contribution is 7.81. The molecule has 0 saturated carbocycles. The minimum Gasteiger partial charge on any atom is -0.382 e. The van der Waals surface area contributed by atoms with Crippen molar-refractivity contribution >= 4 is 16.8 Å². The molecule has 0 radical (unpaired) electrons. The zero-order valence-corrected chi connectivity index (χ0v) is 8.23. The van der Waals surface area contributed by atoms with Crippen LogP contribution in [0.5, 0.6) is 0 Å². The first-order chi connectivity index (χ1) is 6.18. The number of anilines is 1. The summed E-state index contributed by atoms with van der Waals surface area (Å²) in [6.07, 6.45) is 2.52. The highest BCUT2D eigenvalue weighted by atomic mass is 32.2. The Labute approximate surface area is 78.9 Å². The number of hydrogen-bond donors (Lipinski definition) is 2. The highest BCUT2D eigenvalue weighted by Crippen LogP contribution is 2.21. The van der Waals surface area contributed by atoms with Crippen LogP contribution in [0.1, 0.15) is 11.3 Å². The molecule has 1 aliphatic rings. The third-order valence-corrected chi connectivity index (χ3v) is 3.33. The number of aromatic nitrogens is 2. The van der Waals surface area contributed by atoms with Gasteiger partial charge in [-0.05, 0) is 6.42 Å². The monoisotopic (exact) mass is 200 g/mol. The fourth-order valence-electron chi connectivity index (χ4n) is 1.54. The number of hydrogen-bond acceptors (Lipinski definition) is 3. The number of H-pyrrole nitrogens is 1. The molecular formula is C7H12N4OS. The number of nitrogens with zero attached hydrogens (tertiary/aromatic N) is 2. The standard InChI is InChI=1S/C7H12N4OS/c1-13(12)11-3-2-5-6(4-11)9-10-7(5)8/h2-4H2,1H3,(H3,8,9,10). The van der Waals surface area contributed by atoms with Gasteiger partial charge in [-0.2, -0.15) is 5.10 Å². The fraction of sp³-hybridized carbons (Fsp3) is 0.571. The third-order valence-electron chi connectivity index (χ3n) is 2.29. The van der Waals surface area contributed by atoms with Gasteiger partial charge in [-0.3, -0.25) is 5.10 Å². The molecule has 5 nitrogen and oxygen atoms in total. The first-order valence-corrected chi connectivity index (χ1v) is 5.60. The van der Waals surface area contributed by atoms with Crippen molar-refractivity contribution < 1.29 is 4.21 Å². The van der Waals surface area contributed by atoms with Crippen molar-refractivity contribution in [2.75, 3.05) is 18.5 Å². The molecule has 2 heterocycles. The van der Waals surface area contributed by atoms with Gasteiger partial charge < -0.3 is 5.73 Å². The van der Waals surface area contributed by atoms with Gasteiger partial charge >= 0.3 is 0 Å². The van der Waals surface area contributed by atoms with Gasteiger partial charge in [0.05, 0.1) is 23.2 Å². The summed E-state index contributed by atoms with van der Waals surface area (Å²) < 4.78 is 13.1. The van der Waals surface area contributed by atoms with Gasteiger partial charge in [-0.1, -0.05) is 0 Å². The van der Waals surface area contributed by atoms with Crippen LogP contribution in [0.15, 0.2) is 0 Å². The number of aromatic amines is 1. The molecule has 72 valence electrons. The zero-order chi connectivity index (χ0) is 9.42. The fourth-order valence-corrected chi connectivity index (χ4v) is 2.20. The Morgan fingerprint density at radius 2 is 2.46 bits per heavy atom. The Morgan fingerprint density at radius 1 is 1.69 bits per heavy atom. The molecule has 0 spiro atoms. The summed E-state index contributed by atoms with van der Waals surface area (Å²) in [5.41, 5.74) is 7.73. The first kappa shape index (κ1) is 8.71. The van der Waals surface area contributed by atoms with Crippen molar-refractivity contribution in [2.24, 2.45) is 0 Å². The molecule has 1 atom stereocenters. The van der Waals surface area contributed by atoms with E-state index in [9.17, 15) is 4.21 Å². The van der Waals surface area contributed by atoms with Crippen molar-refractivity contribution in [1.82, 2.24) is 14.5 Å². The van der Waals surface area contributed by atoms with Crippen molar-refractivity contribution in [1.29, 1.82) is 0 Å². The van der Waals surface area contributed by atoms with E-state index in [1.54, 1.807) is 6.26 Å². The second-order valence-electron chi connectivity index (χ2n) is 3.10. The van der Waals surface area contributed by atoms with Gasteiger partial charge in [0, 0.05) is 18.4 Å². The van der Waals surface area contributed by atoms with Crippen LogP contribution in [0.2, 0.25) is 0 Å². The second-order valence-corrected chi connectivity index (χ2v) is 4.47. The lowest BCUT2D eigenvalue weighted by molar-refractivity contribution is 0.418. The van der Waals surface area contributed by atoms with Crippen molar-refractivity contribution in [3.05, 3.63) is 11.3 Å². The summed E-state index contributed by atoms with van der Waals surface area (Å²) in [7, 11) is -0.905. The van der Waals surface area contributed by atoms with Gasteiger partial charge in [-0.25, -0.2) is 8.51 Å². The highest BCUT2D eigenvalue weighted by Gasteiger charge is 2.22. The van der Waals surface area contributed by atoms with Gasteiger partial charge in [0.25, 0.3) is 0 Å². The van der Waals surface area contributed by atoms with Crippen LogP contribution in [-0.4, -0.2) is 31.5 Å². The van der Waals surface area contributed by atoms with Crippen LogP contribution >= 0.6 is 0 Å². The molecule has 3 N–H and O–H groups in total. The molecule has 6 heteroatoms. The van der Waals surface area contributed by atoms with E-state index >= 15 is 0 Å². The van der Waals surface area contributed by atoms with Gasteiger partial charge in [-0.15, -0.1) is 0 Å². The predicted octanol–water partition coefficient (Wildman–Crippen LogP) is -0.357. The Bertz CT molecular complexity index is 348. The van der Waals surface area contributed by atoms with Crippen molar-refractivity contribution in [3.8, 4) is 0 Å². The van der Waals surface area contributed by atoms with Crippen LogP contribution in [0, 0.1) is 0 Å². The molecule has 0 bridgehead atoms. The zero-order valence-electron chi connectivity index (χ0n) is 7.41. The molecule has 1 aromatic heterocycles. The maximum atomic E-state index is 11.2. The van der Waals surface area contributed by atoms with E-state index < -0.39 is 11.0 Å². The molecule has 0 amide bonds. The number of nitrogens with one attached hydrogen (secondary N) is 1. The van der Waals surface area contributed by atoms with Gasteiger partial charge in [0.1, 0.15) is 5.82 Å². The lowest BCUT2D eigenvalue weighted by Crippen LogP contribution is -2.31. The van der Waals surface area contributed by atoms with E-state index in [1.807, 2.05) is 4.31 Å². The summed E-state index contributed by atoms with van der Waals surface area (Å²) in [5, 5.41) is 6.78. The van der Waals surface area contributed by atoms with Crippen LogP contribution < -0.4 is 5.73 Å². The molecule has 1 unspecified atom stereocenters. The maximum Gasteiger partial charge on any atom is 0.148 e. The first-order valence-electron chi connectivity index (χ1n) is 4.08. The molecule has 0 saturated heterocycles. The van der Waals surface area contributed by atoms with Crippen LogP contribution in [-0.2, 0) is 24.0 Å². The molecule has 13 heavy (non-hydrogen) atoms. The lowest BCUT2D eigenvalue weighted by atomic mass is 10.1. The molecular weight excluding hydrogens is 188 g/mol. The van der Waals surface area contributed by atoms with Crippen LogP contribution in [0.4, 0.5) is 5.82 Å². The summed E-state index contributed by atoms with van der Waals surface area (Å²) in [6.45, 7) is 1.45. The van der Waals surface area contributed by atoms with E-state index in [1.165, 1.54) is 0 Å². The Hall–Kier alpha value is -0.880. The second kappa shape index (κ2) is 3.12. The summed E-state index contributed by atoms with van der Waals surface area (Å²) in [4.78, 5) is 0. The number of nitrogens with two attached hydrogens (primary N) is 1. The molecule has 0 fully saturated rings. The third kappa shape index (κ3) is 1.47. The number of fused-ring (bicyclic) bond motifs is 1. The van der Waals surface area contributed by atoms with Crippen molar-refractivity contribution in [2.45, 2.75) is 13.0 Å². The van der Waals surface area contributed by atoms with E-state index in [0.29, 0.717) is 12.4 Å². The quantitative estimate of drug-likeness (QED) is 0.650. The van der Waals surface area contributed by atoms with Crippen LogP contribution in [0.3, 0.4) is 0 Å². The molecule has 0 aliphatic carbocycles. The molecule has 1 aliphatic heterocycles. The summed E-state index contributed by atoms with van der Waals surface area (Å²) in [6, 6.07) is 0. The molecule has 2 rings (SSSR count). The Balaban J connectivity index is 2.25. The normalized spacial score (nSPS) is 19.8. The molecule has 1 aromatic rings. The topological polar surface area (TPSA) is 75.0 Å². The molecule has 0 aromatic carbocycles. The minimum absolute atomic E-state index is 0.580. The minimum atomic E-state index is -0.905. The largest absolute Gasteiger partial charge is 0.382 e. The number of rotatable bonds is 1.